The van der Waals surface area contributed by atoms with Crippen LogP contribution in [0.25, 0.3) is 0 Å². The summed E-state index contributed by atoms with van der Waals surface area (Å²) in [4.78, 5) is 11.9. The summed E-state index contributed by atoms with van der Waals surface area (Å²) in [7, 11) is 0. The van der Waals surface area contributed by atoms with Crippen LogP contribution in [0.5, 0.6) is 0 Å². The molecule has 0 spiro atoms. The lowest BCUT2D eigenvalue weighted by molar-refractivity contribution is -0.120. The van der Waals surface area contributed by atoms with Crippen LogP contribution in [0.3, 0.4) is 0 Å². The van der Waals surface area contributed by atoms with Crippen LogP contribution >= 0.6 is 22.6 Å². The number of benzene rings is 1. The molecule has 2 unspecified atom stereocenters. The number of amides is 1. The fraction of sp³-hybridized carbons (Fsp3) is 0.364. The molecule has 0 bridgehead atoms. The number of carbonyl (C=O) groups is 1. The summed E-state index contributed by atoms with van der Waals surface area (Å²) in [5.74, 6) is -0.942. The summed E-state index contributed by atoms with van der Waals surface area (Å²) in [5.41, 5.74) is 6.21. The van der Waals surface area contributed by atoms with E-state index in [1.165, 1.54) is 6.07 Å². The Balaban J connectivity index is 2.10. The zero-order valence-electron chi connectivity index (χ0n) is 8.95. The summed E-state index contributed by atoms with van der Waals surface area (Å²) in [6.45, 7) is 0.706. The number of nitrogens with two attached hydrogens (primary N) is 1. The summed E-state index contributed by atoms with van der Waals surface area (Å²) in [5, 5.41) is 2.68. The highest BCUT2D eigenvalue weighted by Crippen LogP contribution is 2.22. The molecule has 1 aromatic carbocycles. The normalized spacial score (nSPS) is 23.7. The van der Waals surface area contributed by atoms with Gasteiger partial charge in [0.05, 0.1) is 28.4 Å². The number of nitrogens with one attached hydrogen (secondary N) is 1. The van der Waals surface area contributed by atoms with Crippen molar-refractivity contribution in [3.63, 3.8) is 0 Å². The molecule has 1 heterocycles. The van der Waals surface area contributed by atoms with Crippen LogP contribution in [0.4, 0.5) is 10.1 Å². The van der Waals surface area contributed by atoms with E-state index in [1.54, 1.807) is 12.1 Å². The third-order valence-corrected chi connectivity index (χ3v) is 3.77. The summed E-state index contributed by atoms with van der Waals surface area (Å²) in [6.07, 6.45) is 0. The number of halogens is 2. The van der Waals surface area contributed by atoms with Crippen molar-refractivity contribution in [2.45, 2.75) is 6.04 Å². The van der Waals surface area contributed by atoms with Crippen LogP contribution in [-0.4, -0.2) is 25.2 Å². The highest BCUT2D eigenvalue weighted by Gasteiger charge is 2.31. The number of hydrogen-bond donors (Lipinski definition) is 2. The topological polar surface area (TPSA) is 64.3 Å². The van der Waals surface area contributed by atoms with E-state index in [9.17, 15) is 9.18 Å². The monoisotopic (exact) mass is 350 g/mol. The van der Waals surface area contributed by atoms with E-state index in [4.69, 9.17) is 10.5 Å². The van der Waals surface area contributed by atoms with Gasteiger partial charge in [0, 0.05) is 6.04 Å². The van der Waals surface area contributed by atoms with Crippen molar-refractivity contribution in [3.8, 4) is 0 Å². The Hall–Kier alpha value is -0.730. The minimum Gasteiger partial charge on any atom is -0.379 e. The van der Waals surface area contributed by atoms with Crippen LogP contribution in [-0.2, 0) is 9.53 Å². The summed E-state index contributed by atoms with van der Waals surface area (Å²) in [6, 6.07) is 4.27. The highest BCUT2D eigenvalue weighted by molar-refractivity contribution is 14.1. The molecule has 6 heteroatoms. The first-order valence-corrected chi connectivity index (χ1v) is 6.25. The molecule has 0 radical (unpaired) electrons. The molecular weight excluding hydrogens is 338 g/mol. The lowest BCUT2D eigenvalue weighted by Gasteiger charge is -2.14. The van der Waals surface area contributed by atoms with E-state index in [0.29, 0.717) is 22.5 Å². The summed E-state index contributed by atoms with van der Waals surface area (Å²) < 4.78 is 18.8. The van der Waals surface area contributed by atoms with E-state index >= 15 is 0 Å². The van der Waals surface area contributed by atoms with E-state index in [0.717, 1.165) is 0 Å². The molecule has 3 N–H and O–H groups in total. The molecule has 0 aromatic heterocycles. The van der Waals surface area contributed by atoms with Gasteiger partial charge in [0.15, 0.2) is 0 Å². The molecule has 2 rings (SSSR count). The van der Waals surface area contributed by atoms with E-state index in [2.05, 4.69) is 5.32 Å². The molecule has 0 saturated carbocycles. The maximum atomic E-state index is 13.3. The zero-order chi connectivity index (χ0) is 12.4. The fourth-order valence-corrected chi connectivity index (χ4v) is 2.16. The number of ether oxygens (including phenoxy) is 1. The number of anilines is 1. The average Bonchev–Trinajstić information content (AvgIpc) is 2.71. The lowest BCUT2D eigenvalue weighted by Crippen LogP contribution is -2.37. The fourth-order valence-electron chi connectivity index (χ4n) is 1.67. The molecule has 1 amide bonds. The molecule has 1 aliphatic rings. The summed E-state index contributed by atoms with van der Waals surface area (Å²) >= 11 is 1.85. The molecule has 1 saturated heterocycles. The van der Waals surface area contributed by atoms with Gasteiger partial charge in [-0.05, 0) is 34.7 Å². The van der Waals surface area contributed by atoms with Crippen molar-refractivity contribution < 1.29 is 13.9 Å². The molecule has 4 nitrogen and oxygen atoms in total. The van der Waals surface area contributed by atoms with Crippen molar-refractivity contribution in [1.29, 1.82) is 0 Å². The van der Waals surface area contributed by atoms with Crippen molar-refractivity contribution >= 4 is 34.2 Å². The first kappa shape index (κ1) is 12.7. The lowest BCUT2D eigenvalue weighted by atomic mass is 10.0. The quantitative estimate of drug-likeness (QED) is 0.792. The highest BCUT2D eigenvalue weighted by atomic mass is 127. The Bertz CT molecular complexity index is 441. The predicted octanol–water partition coefficient (Wildman–Crippen LogP) is 1.34. The molecule has 0 aliphatic carbocycles. The number of hydrogen-bond acceptors (Lipinski definition) is 3. The number of carbonyl (C=O) groups excluding carboxylic acids is 1. The maximum absolute atomic E-state index is 13.3. The van der Waals surface area contributed by atoms with Gasteiger partial charge < -0.3 is 15.8 Å². The van der Waals surface area contributed by atoms with Gasteiger partial charge >= 0.3 is 0 Å². The van der Waals surface area contributed by atoms with Crippen LogP contribution < -0.4 is 11.1 Å². The second-order valence-electron chi connectivity index (χ2n) is 3.90. The predicted molar refractivity (Wildman–Crippen MR) is 70.0 cm³/mol. The maximum Gasteiger partial charge on any atom is 0.231 e. The van der Waals surface area contributed by atoms with Crippen LogP contribution in [0.2, 0.25) is 0 Å². The molecule has 1 aliphatic heterocycles. The van der Waals surface area contributed by atoms with E-state index in [-0.39, 0.29) is 23.7 Å². The molecule has 2 atom stereocenters. The molecule has 1 aromatic rings. The van der Waals surface area contributed by atoms with E-state index in [1.807, 2.05) is 22.6 Å². The molecule has 1 fully saturated rings. The first-order chi connectivity index (χ1) is 8.09. The minimum absolute atomic E-state index is 0.224. The Morgan fingerprint density at radius 2 is 2.29 bits per heavy atom. The second kappa shape index (κ2) is 5.28. The van der Waals surface area contributed by atoms with Crippen LogP contribution in [0, 0.1) is 15.3 Å². The third-order valence-electron chi connectivity index (χ3n) is 2.67. The second-order valence-corrected chi connectivity index (χ2v) is 4.98. The zero-order valence-corrected chi connectivity index (χ0v) is 11.1. The average molecular weight is 350 g/mol. The van der Waals surface area contributed by atoms with Crippen LogP contribution in [0.1, 0.15) is 0 Å². The molecule has 17 heavy (non-hydrogen) atoms. The van der Waals surface area contributed by atoms with Gasteiger partial charge in [-0.25, -0.2) is 4.39 Å². The van der Waals surface area contributed by atoms with Gasteiger partial charge in [-0.2, -0.15) is 0 Å². The Morgan fingerprint density at radius 3 is 2.94 bits per heavy atom. The SMILES string of the molecule is NC1COCC1C(=O)Nc1cccc(F)c1I. The van der Waals surface area contributed by atoms with Gasteiger partial charge in [0.2, 0.25) is 5.91 Å². The third kappa shape index (κ3) is 2.75. The standard InChI is InChI=1S/C11H12FIN2O2/c12-7-2-1-3-9(10(7)13)15-11(16)6-4-17-5-8(6)14/h1-3,6,8H,4-5,14H2,(H,15,16). The van der Waals surface area contributed by atoms with Gasteiger partial charge in [-0.15, -0.1) is 0 Å². The largest absolute Gasteiger partial charge is 0.379 e. The Morgan fingerprint density at radius 1 is 1.53 bits per heavy atom. The minimum atomic E-state index is -0.367. The van der Waals surface area contributed by atoms with Crippen molar-refractivity contribution in [3.05, 3.63) is 27.6 Å². The Kier molecular flexibility index (Phi) is 3.95. The molecular formula is C11H12FIN2O2. The smallest absolute Gasteiger partial charge is 0.231 e. The van der Waals surface area contributed by atoms with Crippen molar-refractivity contribution in [1.82, 2.24) is 0 Å². The first-order valence-electron chi connectivity index (χ1n) is 5.18. The number of rotatable bonds is 2. The van der Waals surface area contributed by atoms with Gasteiger partial charge in [-0.3, -0.25) is 4.79 Å². The Labute approximate surface area is 112 Å². The van der Waals surface area contributed by atoms with Crippen molar-refractivity contribution in [2.75, 3.05) is 18.5 Å². The van der Waals surface area contributed by atoms with Crippen molar-refractivity contribution in [2.24, 2.45) is 11.7 Å². The van der Waals surface area contributed by atoms with E-state index < -0.39 is 0 Å². The van der Waals surface area contributed by atoms with Gasteiger partial charge in [-0.1, -0.05) is 6.07 Å². The van der Waals surface area contributed by atoms with Gasteiger partial charge in [0.1, 0.15) is 5.82 Å². The van der Waals surface area contributed by atoms with Gasteiger partial charge in [0.25, 0.3) is 0 Å². The molecule has 92 valence electrons. The van der Waals surface area contributed by atoms with Crippen LogP contribution in [0.15, 0.2) is 18.2 Å².